The van der Waals surface area contributed by atoms with E-state index in [0.29, 0.717) is 29.4 Å². The summed E-state index contributed by atoms with van der Waals surface area (Å²) in [7, 11) is 1.57. The minimum absolute atomic E-state index is 0.0360. The fraction of sp³-hybridized carbons (Fsp3) is 0.185. The van der Waals surface area contributed by atoms with E-state index >= 15 is 0 Å². The van der Waals surface area contributed by atoms with Crippen molar-refractivity contribution in [3.63, 3.8) is 0 Å². The van der Waals surface area contributed by atoms with Crippen molar-refractivity contribution >= 4 is 17.8 Å². The van der Waals surface area contributed by atoms with Crippen molar-refractivity contribution in [2.45, 2.75) is 27.4 Å². The molecule has 0 bridgehead atoms. The molecule has 3 aromatic carbocycles. The van der Waals surface area contributed by atoms with Crippen molar-refractivity contribution in [3.8, 4) is 17.2 Å². The lowest BCUT2D eigenvalue weighted by atomic mass is 10.1. The number of rotatable bonds is 8. The average molecular weight is 431 g/mol. The molecular formula is C27H26O5. The molecule has 3 rings (SSSR count). The van der Waals surface area contributed by atoms with Gasteiger partial charge in [0, 0.05) is 11.6 Å². The smallest absolute Gasteiger partial charge is 0.336 e. The van der Waals surface area contributed by atoms with Crippen LogP contribution in [-0.4, -0.2) is 18.9 Å². The van der Waals surface area contributed by atoms with E-state index in [0.717, 1.165) is 22.3 Å². The van der Waals surface area contributed by atoms with Crippen molar-refractivity contribution in [3.05, 3.63) is 94.6 Å². The molecule has 5 nitrogen and oxygen atoms in total. The van der Waals surface area contributed by atoms with E-state index in [1.807, 2.05) is 43.3 Å². The predicted molar refractivity (Wildman–Crippen MR) is 124 cm³/mol. The van der Waals surface area contributed by atoms with Gasteiger partial charge in [-0.05, 0) is 79.4 Å². The summed E-state index contributed by atoms with van der Waals surface area (Å²) in [6.45, 7) is 5.77. The van der Waals surface area contributed by atoms with E-state index < -0.39 is 5.97 Å². The molecule has 3 aromatic rings. The number of carbonyl (C=O) groups excluding carboxylic acids is 2. The molecule has 0 fully saturated rings. The first-order valence-corrected chi connectivity index (χ1v) is 10.2. The number of hydrogen-bond donors (Lipinski definition) is 0. The molecular weight excluding hydrogens is 404 g/mol. The van der Waals surface area contributed by atoms with Gasteiger partial charge >= 0.3 is 5.97 Å². The summed E-state index contributed by atoms with van der Waals surface area (Å²) in [5, 5.41) is 0. The van der Waals surface area contributed by atoms with Crippen LogP contribution in [0.15, 0.2) is 66.7 Å². The zero-order chi connectivity index (χ0) is 23.1. The fourth-order valence-corrected chi connectivity index (χ4v) is 3.12. The van der Waals surface area contributed by atoms with Gasteiger partial charge in [-0.25, -0.2) is 4.79 Å². The molecule has 0 aliphatic rings. The number of benzene rings is 3. The summed E-state index contributed by atoms with van der Waals surface area (Å²) < 4.78 is 16.8. The molecule has 0 heterocycles. The number of Topliss-reactive ketones (excluding diaryl/α,β-unsaturated/α-hetero) is 1. The monoisotopic (exact) mass is 430 g/mol. The predicted octanol–water partition coefficient (Wildman–Crippen LogP) is 5.71. The molecule has 0 radical (unpaired) electrons. The van der Waals surface area contributed by atoms with Gasteiger partial charge in [-0.3, -0.25) is 4.79 Å². The Morgan fingerprint density at radius 2 is 1.62 bits per heavy atom. The van der Waals surface area contributed by atoms with Gasteiger partial charge in [-0.15, -0.1) is 0 Å². The molecule has 0 amide bonds. The third kappa shape index (κ3) is 5.85. The Balaban J connectivity index is 1.66. The Kier molecular flexibility index (Phi) is 7.45. The van der Waals surface area contributed by atoms with Crippen LogP contribution < -0.4 is 14.2 Å². The lowest BCUT2D eigenvalue weighted by molar-refractivity contribution is -0.128. The highest BCUT2D eigenvalue weighted by Crippen LogP contribution is 2.29. The summed E-state index contributed by atoms with van der Waals surface area (Å²) in [5.74, 6) is 1.07. The van der Waals surface area contributed by atoms with Crippen LogP contribution in [-0.2, 0) is 11.4 Å². The third-order valence-electron chi connectivity index (χ3n) is 5.04. The molecule has 0 atom stereocenters. The maximum atomic E-state index is 12.2. The quantitative estimate of drug-likeness (QED) is 0.198. The first-order chi connectivity index (χ1) is 15.4. The van der Waals surface area contributed by atoms with Crippen molar-refractivity contribution in [1.29, 1.82) is 0 Å². The van der Waals surface area contributed by atoms with Crippen molar-refractivity contribution in [2.24, 2.45) is 0 Å². The van der Waals surface area contributed by atoms with Gasteiger partial charge in [0.05, 0.1) is 7.11 Å². The molecule has 0 aliphatic carbocycles. The van der Waals surface area contributed by atoms with Gasteiger partial charge < -0.3 is 14.2 Å². The van der Waals surface area contributed by atoms with Crippen LogP contribution in [0.25, 0.3) is 6.08 Å². The lowest BCUT2D eigenvalue weighted by Crippen LogP contribution is -2.05. The molecule has 0 spiro atoms. The first kappa shape index (κ1) is 22.8. The molecule has 0 aromatic heterocycles. The highest BCUT2D eigenvalue weighted by atomic mass is 16.5. The molecule has 164 valence electrons. The summed E-state index contributed by atoms with van der Waals surface area (Å²) in [4.78, 5) is 23.7. The van der Waals surface area contributed by atoms with E-state index in [1.54, 1.807) is 44.4 Å². The molecule has 0 saturated carbocycles. The second-order valence-corrected chi connectivity index (χ2v) is 7.42. The Morgan fingerprint density at radius 1 is 0.875 bits per heavy atom. The van der Waals surface area contributed by atoms with E-state index in [4.69, 9.17) is 14.2 Å². The van der Waals surface area contributed by atoms with E-state index in [1.165, 1.54) is 13.0 Å². The van der Waals surface area contributed by atoms with Gasteiger partial charge in [0.15, 0.2) is 17.3 Å². The number of hydrogen-bond acceptors (Lipinski definition) is 5. The van der Waals surface area contributed by atoms with Crippen LogP contribution in [0.5, 0.6) is 17.2 Å². The fourth-order valence-electron chi connectivity index (χ4n) is 3.12. The van der Waals surface area contributed by atoms with E-state index in [-0.39, 0.29) is 5.78 Å². The van der Waals surface area contributed by atoms with Crippen LogP contribution in [0.1, 0.15) is 39.5 Å². The Morgan fingerprint density at radius 3 is 2.31 bits per heavy atom. The summed E-state index contributed by atoms with van der Waals surface area (Å²) in [6, 6.07) is 18.5. The number of aryl methyl sites for hydroxylation is 2. The van der Waals surface area contributed by atoms with Crippen LogP contribution in [0.2, 0.25) is 0 Å². The van der Waals surface area contributed by atoms with Crippen LogP contribution >= 0.6 is 0 Å². The summed E-state index contributed by atoms with van der Waals surface area (Å²) in [6.07, 6.45) is 3.00. The number of esters is 1. The molecule has 32 heavy (non-hydrogen) atoms. The molecule has 0 saturated heterocycles. The van der Waals surface area contributed by atoms with E-state index in [9.17, 15) is 9.59 Å². The number of ether oxygens (including phenoxy) is 3. The van der Waals surface area contributed by atoms with Crippen LogP contribution in [0, 0.1) is 13.8 Å². The van der Waals surface area contributed by atoms with Crippen molar-refractivity contribution in [2.75, 3.05) is 7.11 Å². The van der Waals surface area contributed by atoms with Gasteiger partial charge in [0.1, 0.15) is 12.4 Å². The highest BCUT2D eigenvalue weighted by Gasteiger charge is 2.09. The number of methoxy groups -OCH3 is 1. The topological polar surface area (TPSA) is 61.8 Å². The maximum absolute atomic E-state index is 12.2. The maximum Gasteiger partial charge on any atom is 0.336 e. The zero-order valence-electron chi connectivity index (χ0n) is 18.7. The van der Waals surface area contributed by atoms with E-state index in [2.05, 4.69) is 0 Å². The second kappa shape index (κ2) is 10.4. The van der Waals surface area contributed by atoms with Gasteiger partial charge in [0.2, 0.25) is 0 Å². The third-order valence-corrected chi connectivity index (χ3v) is 5.04. The largest absolute Gasteiger partial charge is 0.493 e. The minimum Gasteiger partial charge on any atom is -0.493 e. The van der Waals surface area contributed by atoms with Crippen molar-refractivity contribution < 1.29 is 23.8 Å². The normalized spacial score (nSPS) is 10.8. The standard InChI is InChI=1S/C27H26O5/c1-18-7-5-6-8-23(18)17-31-25-12-9-21(16-26(25)30-4)10-14-27(29)32-24-13-11-22(20(3)28)15-19(24)2/h5-16H,17H2,1-4H3/b14-10+. The summed E-state index contributed by atoms with van der Waals surface area (Å²) >= 11 is 0. The Labute approximate surface area is 188 Å². The van der Waals surface area contributed by atoms with Gasteiger partial charge in [-0.1, -0.05) is 30.3 Å². The second-order valence-electron chi connectivity index (χ2n) is 7.42. The average Bonchev–Trinajstić information content (AvgIpc) is 2.78. The molecule has 0 aliphatic heterocycles. The molecule has 0 unspecified atom stereocenters. The van der Waals surface area contributed by atoms with Gasteiger partial charge in [0.25, 0.3) is 0 Å². The minimum atomic E-state index is -0.512. The first-order valence-electron chi connectivity index (χ1n) is 10.2. The Hall–Kier alpha value is -3.86. The highest BCUT2D eigenvalue weighted by molar-refractivity contribution is 5.94. The van der Waals surface area contributed by atoms with Crippen molar-refractivity contribution in [1.82, 2.24) is 0 Å². The van der Waals surface area contributed by atoms with Gasteiger partial charge in [-0.2, -0.15) is 0 Å². The molecule has 0 N–H and O–H groups in total. The lowest BCUT2D eigenvalue weighted by Gasteiger charge is -2.12. The molecule has 5 heteroatoms. The number of carbonyl (C=O) groups is 2. The Bertz CT molecular complexity index is 1160. The number of ketones is 1. The summed E-state index contributed by atoms with van der Waals surface area (Å²) in [5.41, 5.74) is 4.33. The zero-order valence-corrected chi connectivity index (χ0v) is 18.7. The van der Waals surface area contributed by atoms with Crippen LogP contribution in [0.3, 0.4) is 0 Å². The SMILES string of the molecule is COc1cc(/C=C/C(=O)Oc2ccc(C(C)=O)cc2C)ccc1OCc1ccccc1C. The van der Waals surface area contributed by atoms with Crippen LogP contribution in [0.4, 0.5) is 0 Å².